The third kappa shape index (κ3) is 4.47. The van der Waals surface area contributed by atoms with Crippen LogP contribution in [-0.2, 0) is 10.0 Å². The van der Waals surface area contributed by atoms with Gasteiger partial charge in [0.25, 0.3) is 0 Å². The lowest BCUT2D eigenvalue weighted by atomic mass is 10.4. The normalized spacial score (nSPS) is 11.0. The van der Waals surface area contributed by atoms with Crippen LogP contribution < -0.4 is 4.72 Å². The fourth-order valence-corrected chi connectivity index (χ4v) is 3.28. The molecule has 1 N–H and O–H groups in total. The van der Waals surface area contributed by atoms with Gasteiger partial charge in [0.05, 0.1) is 5.02 Å². The SMILES string of the molecule is [N-]=[N+]=NCCCNS(=O)(=O)c1ccc(Br)cc1Cl. The zero-order chi connectivity index (χ0) is 13.6. The monoisotopic (exact) mass is 352 g/mol. The van der Waals surface area contributed by atoms with E-state index in [0.717, 1.165) is 0 Å². The predicted octanol–water partition coefficient (Wildman–Crippen LogP) is 3.08. The minimum absolute atomic E-state index is 0.0242. The molecule has 0 aliphatic rings. The van der Waals surface area contributed by atoms with Crippen LogP contribution >= 0.6 is 27.5 Å². The Morgan fingerprint density at radius 2 is 2.22 bits per heavy atom. The summed E-state index contributed by atoms with van der Waals surface area (Å²) in [5, 5.41) is 3.45. The van der Waals surface area contributed by atoms with Crippen LogP contribution in [-0.4, -0.2) is 21.5 Å². The van der Waals surface area contributed by atoms with E-state index in [1.165, 1.54) is 12.1 Å². The van der Waals surface area contributed by atoms with Crippen molar-refractivity contribution < 1.29 is 8.42 Å². The van der Waals surface area contributed by atoms with E-state index < -0.39 is 10.0 Å². The van der Waals surface area contributed by atoms with E-state index in [4.69, 9.17) is 17.1 Å². The first-order valence-corrected chi connectivity index (χ1v) is 7.58. The van der Waals surface area contributed by atoms with Crippen molar-refractivity contribution in [3.63, 3.8) is 0 Å². The van der Waals surface area contributed by atoms with Crippen molar-refractivity contribution in [2.45, 2.75) is 11.3 Å². The zero-order valence-electron chi connectivity index (χ0n) is 9.18. The van der Waals surface area contributed by atoms with Crippen LogP contribution in [0.15, 0.2) is 32.7 Å². The number of benzene rings is 1. The van der Waals surface area contributed by atoms with Gasteiger partial charge in [-0.2, -0.15) is 0 Å². The molecule has 0 aliphatic heterocycles. The molecule has 18 heavy (non-hydrogen) atoms. The van der Waals surface area contributed by atoms with Gasteiger partial charge in [-0.3, -0.25) is 0 Å². The molecule has 1 aromatic carbocycles. The molecule has 1 rings (SSSR count). The number of azide groups is 1. The summed E-state index contributed by atoms with van der Waals surface area (Å²) >= 11 is 9.06. The molecule has 0 aliphatic carbocycles. The Morgan fingerprint density at radius 1 is 1.50 bits per heavy atom. The maximum Gasteiger partial charge on any atom is 0.242 e. The van der Waals surface area contributed by atoms with Crippen LogP contribution in [0.3, 0.4) is 0 Å². The van der Waals surface area contributed by atoms with Crippen molar-refractivity contribution >= 4 is 37.6 Å². The molecule has 0 unspecified atom stereocenters. The number of hydrogen-bond acceptors (Lipinski definition) is 3. The fraction of sp³-hybridized carbons (Fsp3) is 0.333. The molecule has 6 nitrogen and oxygen atoms in total. The van der Waals surface area contributed by atoms with Gasteiger partial charge in [-0.05, 0) is 30.2 Å². The van der Waals surface area contributed by atoms with Gasteiger partial charge in [0.15, 0.2) is 0 Å². The third-order valence-electron chi connectivity index (χ3n) is 1.97. The Balaban J connectivity index is 2.71. The lowest BCUT2D eigenvalue weighted by molar-refractivity contribution is 0.579. The van der Waals surface area contributed by atoms with Crippen molar-refractivity contribution in [1.29, 1.82) is 0 Å². The van der Waals surface area contributed by atoms with Gasteiger partial charge in [-0.1, -0.05) is 32.6 Å². The van der Waals surface area contributed by atoms with Gasteiger partial charge in [-0.25, -0.2) is 13.1 Å². The van der Waals surface area contributed by atoms with E-state index in [-0.39, 0.29) is 23.0 Å². The van der Waals surface area contributed by atoms with Crippen molar-refractivity contribution in [2.75, 3.05) is 13.1 Å². The highest BCUT2D eigenvalue weighted by Crippen LogP contribution is 2.24. The Kier molecular flexibility index (Phi) is 5.90. The summed E-state index contributed by atoms with van der Waals surface area (Å²) in [5.41, 5.74) is 8.06. The van der Waals surface area contributed by atoms with Crippen LogP contribution in [0.5, 0.6) is 0 Å². The number of hydrogen-bond donors (Lipinski definition) is 1. The Labute approximate surface area is 118 Å². The molecular weight excluding hydrogens is 344 g/mol. The fourth-order valence-electron chi connectivity index (χ4n) is 1.17. The molecule has 0 radical (unpaired) electrons. The van der Waals surface area contributed by atoms with Gasteiger partial charge in [0.1, 0.15) is 4.90 Å². The van der Waals surface area contributed by atoms with E-state index >= 15 is 0 Å². The maximum absolute atomic E-state index is 11.9. The zero-order valence-corrected chi connectivity index (χ0v) is 12.3. The molecule has 0 atom stereocenters. The summed E-state index contributed by atoms with van der Waals surface area (Å²) in [6.07, 6.45) is 0.428. The van der Waals surface area contributed by atoms with Crippen molar-refractivity contribution in [1.82, 2.24) is 4.72 Å². The van der Waals surface area contributed by atoms with Gasteiger partial charge in [0, 0.05) is 22.5 Å². The number of rotatable bonds is 6. The van der Waals surface area contributed by atoms with Crippen molar-refractivity contribution in [2.24, 2.45) is 5.11 Å². The molecule has 0 bridgehead atoms. The van der Waals surface area contributed by atoms with Crippen LogP contribution in [0.4, 0.5) is 0 Å². The average molecular weight is 354 g/mol. The Hall–Kier alpha value is -0.790. The lowest BCUT2D eigenvalue weighted by Gasteiger charge is -2.07. The minimum Gasteiger partial charge on any atom is -0.211 e. The van der Waals surface area contributed by atoms with E-state index in [2.05, 4.69) is 30.7 Å². The molecule has 0 spiro atoms. The Bertz CT molecular complexity index is 572. The summed E-state index contributed by atoms with van der Waals surface area (Å²) in [6, 6.07) is 4.53. The van der Waals surface area contributed by atoms with Gasteiger partial charge in [-0.15, -0.1) is 0 Å². The number of halogens is 2. The highest BCUT2D eigenvalue weighted by atomic mass is 79.9. The molecule has 0 amide bonds. The molecule has 0 fully saturated rings. The minimum atomic E-state index is -3.63. The molecule has 0 saturated heterocycles. The lowest BCUT2D eigenvalue weighted by Crippen LogP contribution is -2.25. The second-order valence-electron chi connectivity index (χ2n) is 3.28. The molecule has 0 saturated carbocycles. The van der Waals surface area contributed by atoms with Crippen LogP contribution in [0, 0.1) is 0 Å². The van der Waals surface area contributed by atoms with Crippen molar-refractivity contribution in [3.8, 4) is 0 Å². The highest BCUT2D eigenvalue weighted by molar-refractivity contribution is 9.10. The van der Waals surface area contributed by atoms with Gasteiger partial charge >= 0.3 is 0 Å². The third-order valence-corrected chi connectivity index (χ3v) is 4.41. The number of nitrogens with zero attached hydrogens (tertiary/aromatic N) is 3. The molecular formula is C9H10BrClN4O2S. The van der Waals surface area contributed by atoms with Crippen LogP contribution in [0.25, 0.3) is 10.4 Å². The summed E-state index contributed by atoms with van der Waals surface area (Å²) in [7, 11) is -3.63. The predicted molar refractivity (Wildman–Crippen MR) is 73.0 cm³/mol. The van der Waals surface area contributed by atoms with Crippen LogP contribution in [0.2, 0.25) is 5.02 Å². The van der Waals surface area contributed by atoms with Gasteiger partial charge < -0.3 is 0 Å². The summed E-state index contributed by atoms with van der Waals surface area (Å²) < 4.78 is 26.9. The van der Waals surface area contributed by atoms with Gasteiger partial charge in [0.2, 0.25) is 10.0 Å². The molecule has 98 valence electrons. The van der Waals surface area contributed by atoms with E-state index in [1.807, 2.05) is 0 Å². The average Bonchev–Trinajstić information content (AvgIpc) is 2.28. The topological polar surface area (TPSA) is 94.9 Å². The quantitative estimate of drug-likeness (QED) is 0.368. The number of nitrogens with one attached hydrogen (secondary N) is 1. The van der Waals surface area contributed by atoms with E-state index in [0.29, 0.717) is 10.9 Å². The standard InChI is InChI=1S/C9H10BrClN4O2S/c10-7-2-3-9(8(11)6-7)18(16,17)14-5-1-4-13-15-12/h2-3,6,14H,1,4-5H2. The van der Waals surface area contributed by atoms with E-state index in [1.54, 1.807) is 6.07 Å². The van der Waals surface area contributed by atoms with Crippen LogP contribution in [0.1, 0.15) is 6.42 Å². The van der Waals surface area contributed by atoms with E-state index in [9.17, 15) is 8.42 Å². The number of sulfonamides is 1. The second-order valence-corrected chi connectivity index (χ2v) is 6.34. The molecule has 9 heteroatoms. The summed E-state index contributed by atoms with van der Waals surface area (Å²) in [4.78, 5) is 2.60. The first-order chi connectivity index (χ1) is 8.47. The summed E-state index contributed by atoms with van der Waals surface area (Å²) in [5.74, 6) is 0. The first kappa shape index (κ1) is 15.3. The molecule has 1 aromatic rings. The molecule has 0 heterocycles. The van der Waals surface area contributed by atoms with Crippen molar-refractivity contribution in [3.05, 3.63) is 38.1 Å². The maximum atomic E-state index is 11.9. The summed E-state index contributed by atoms with van der Waals surface area (Å²) in [6.45, 7) is 0.431. The Morgan fingerprint density at radius 3 is 2.83 bits per heavy atom. The highest BCUT2D eigenvalue weighted by Gasteiger charge is 2.16. The largest absolute Gasteiger partial charge is 0.242 e. The molecule has 0 aromatic heterocycles. The smallest absolute Gasteiger partial charge is 0.211 e. The second kappa shape index (κ2) is 6.96. The first-order valence-electron chi connectivity index (χ1n) is 4.93.